The van der Waals surface area contributed by atoms with E-state index in [2.05, 4.69) is 10.0 Å². The predicted octanol–water partition coefficient (Wildman–Crippen LogP) is 0.0678. The lowest BCUT2D eigenvalue weighted by Crippen LogP contribution is -2.36. The Morgan fingerprint density at radius 3 is 2.85 bits per heavy atom. The average molecular weight is 206 g/mol. The molecule has 1 aliphatic heterocycles. The molecule has 0 unspecified atom stereocenters. The molecule has 1 atom stereocenters. The van der Waals surface area contributed by atoms with Gasteiger partial charge in [0, 0.05) is 12.6 Å². The third-order valence-corrected chi connectivity index (χ3v) is 3.64. The second-order valence-corrected chi connectivity index (χ2v) is 5.32. The summed E-state index contributed by atoms with van der Waals surface area (Å²) in [6.07, 6.45) is 2.92. The summed E-state index contributed by atoms with van der Waals surface area (Å²) in [7, 11) is -3.04. The number of hydrogen-bond acceptors (Lipinski definition) is 3. The van der Waals surface area contributed by atoms with E-state index in [0.29, 0.717) is 6.54 Å². The molecule has 0 spiro atoms. The Labute approximate surface area is 80.1 Å². The first-order valence-electron chi connectivity index (χ1n) is 4.85. The lowest BCUT2D eigenvalue weighted by atomic mass is 10.3. The highest BCUT2D eigenvalue weighted by molar-refractivity contribution is 7.89. The standard InChI is InChI=1S/C8H18N2O2S/c1-2-5-10-13(11,12)7-8-4-3-6-9-8/h8-10H,2-7H2,1H3/t8-/m1/s1. The molecule has 0 aromatic heterocycles. The van der Waals surface area contributed by atoms with Crippen LogP contribution in [0, 0.1) is 0 Å². The monoisotopic (exact) mass is 206 g/mol. The van der Waals surface area contributed by atoms with Crippen LogP contribution in [-0.4, -0.2) is 33.3 Å². The van der Waals surface area contributed by atoms with Gasteiger partial charge >= 0.3 is 0 Å². The Morgan fingerprint density at radius 1 is 1.54 bits per heavy atom. The maximum atomic E-state index is 11.4. The molecule has 0 radical (unpaired) electrons. The first kappa shape index (κ1) is 10.9. The van der Waals surface area contributed by atoms with Crippen molar-refractivity contribution in [1.82, 2.24) is 10.0 Å². The Balaban J connectivity index is 2.32. The van der Waals surface area contributed by atoms with Crippen LogP contribution >= 0.6 is 0 Å². The molecule has 1 saturated heterocycles. The van der Waals surface area contributed by atoms with Gasteiger partial charge in [0.2, 0.25) is 10.0 Å². The minimum absolute atomic E-state index is 0.161. The zero-order chi connectivity index (χ0) is 9.73. The highest BCUT2D eigenvalue weighted by Gasteiger charge is 2.21. The second kappa shape index (κ2) is 4.93. The van der Waals surface area contributed by atoms with Crippen LogP contribution in [0.2, 0.25) is 0 Å². The van der Waals surface area contributed by atoms with Crippen molar-refractivity contribution >= 4 is 10.0 Å². The number of sulfonamides is 1. The van der Waals surface area contributed by atoms with Crippen molar-refractivity contribution in [2.75, 3.05) is 18.8 Å². The maximum Gasteiger partial charge on any atom is 0.213 e. The summed E-state index contributed by atoms with van der Waals surface area (Å²) in [5.74, 6) is 0.229. The van der Waals surface area contributed by atoms with E-state index >= 15 is 0 Å². The molecule has 78 valence electrons. The Kier molecular flexibility index (Phi) is 4.15. The quantitative estimate of drug-likeness (QED) is 0.669. The molecule has 13 heavy (non-hydrogen) atoms. The Morgan fingerprint density at radius 2 is 2.31 bits per heavy atom. The van der Waals surface area contributed by atoms with Gasteiger partial charge in [-0.15, -0.1) is 0 Å². The molecule has 0 aromatic rings. The van der Waals surface area contributed by atoms with Crippen LogP contribution in [0.1, 0.15) is 26.2 Å². The average Bonchev–Trinajstić information content (AvgIpc) is 2.52. The summed E-state index contributed by atoms with van der Waals surface area (Å²) in [6.45, 7) is 3.46. The van der Waals surface area contributed by atoms with Crippen LogP contribution in [-0.2, 0) is 10.0 Å². The topological polar surface area (TPSA) is 58.2 Å². The smallest absolute Gasteiger partial charge is 0.213 e. The fraction of sp³-hybridized carbons (Fsp3) is 1.00. The van der Waals surface area contributed by atoms with Gasteiger partial charge in [0.1, 0.15) is 0 Å². The molecule has 1 aliphatic rings. The lowest BCUT2D eigenvalue weighted by Gasteiger charge is -2.10. The summed E-state index contributed by atoms with van der Waals surface area (Å²) >= 11 is 0. The van der Waals surface area contributed by atoms with E-state index in [-0.39, 0.29) is 11.8 Å². The zero-order valence-corrected chi connectivity index (χ0v) is 8.86. The molecule has 0 bridgehead atoms. The SMILES string of the molecule is CCCNS(=O)(=O)C[C@H]1CCCN1. The molecular weight excluding hydrogens is 188 g/mol. The third kappa shape index (κ3) is 4.06. The molecule has 0 saturated carbocycles. The van der Waals surface area contributed by atoms with Crippen molar-refractivity contribution in [2.45, 2.75) is 32.2 Å². The lowest BCUT2D eigenvalue weighted by molar-refractivity contribution is 0.563. The van der Waals surface area contributed by atoms with E-state index in [0.717, 1.165) is 25.8 Å². The van der Waals surface area contributed by atoms with Crippen LogP contribution in [0.4, 0.5) is 0 Å². The van der Waals surface area contributed by atoms with Crippen molar-refractivity contribution in [3.05, 3.63) is 0 Å². The normalized spacial score (nSPS) is 23.6. The Hall–Kier alpha value is -0.130. The van der Waals surface area contributed by atoms with Crippen molar-refractivity contribution in [3.63, 3.8) is 0 Å². The molecule has 0 amide bonds. The molecule has 1 heterocycles. The van der Waals surface area contributed by atoms with Crippen LogP contribution in [0.25, 0.3) is 0 Å². The van der Waals surface area contributed by atoms with Gasteiger partial charge in [-0.2, -0.15) is 0 Å². The largest absolute Gasteiger partial charge is 0.313 e. The molecule has 0 aliphatic carbocycles. The van der Waals surface area contributed by atoms with E-state index < -0.39 is 10.0 Å². The van der Waals surface area contributed by atoms with E-state index in [4.69, 9.17) is 0 Å². The zero-order valence-electron chi connectivity index (χ0n) is 8.04. The molecule has 1 rings (SSSR count). The minimum Gasteiger partial charge on any atom is -0.313 e. The van der Waals surface area contributed by atoms with Crippen LogP contribution in [0.15, 0.2) is 0 Å². The summed E-state index contributed by atoms with van der Waals surface area (Å²) in [4.78, 5) is 0. The van der Waals surface area contributed by atoms with Crippen molar-refractivity contribution in [3.8, 4) is 0 Å². The third-order valence-electron chi connectivity index (χ3n) is 2.15. The summed E-state index contributed by atoms with van der Waals surface area (Å²) in [6, 6.07) is 0.161. The van der Waals surface area contributed by atoms with Gasteiger partial charge in [-0.3, -0.25) is 0 Å². The number of hydrogen-bond donors (Lipinski definition) is 2. The van der Waals surface area contributed by atoms with Gasteiger partial charge < -0.3 is 5.32 Å². The molecule has 4 nitrogen and oxygen atoms in total. The molecule has 2 N–H and O–H groups in total. The van der Waals surface area contributed by atoms with E-state index in [1.165, 1.54) is 0 Å². The molecular formula is C8H18N2O2S. The fourth-order valence-electron chi connectivity index (χ4n) is 1.48. The van der Waals surface area contributed by atoms with Crippen LogP contribution < -0.4 is 10.0 Å². The van der Waals surface area contributed by atoms with Crippen molar-refractivity contribution in [2.24, 2.45) is 0 Å². The van der Waals surface area contributed by atoms with Gasteiger partial charge in [0.15, 0.2) is 0 Å². The van der Waals surface area contributed by atoms with Crippen LogP contribution in [0.3, 0.4) is 0 Å². The predicted molar refractivity (Wildman–Crippen MR) is 53.1 cm³/mol. The van der Waals surface area contributed by atoms with Gasteiger partial charge in [-0.25, -0.2) is 13.1 Å². The number of nitrogens with one attached hydrogen (secondary N) is 2. The molecule has 1 fully saturated rings. The van der Waals surface area contributed by atoms with E-state index in [1.54, 1.807) is 0 Å². The van der Waals surface area contributed by atoms with E-state index in [9.17, 15) is 8.42 Å². The van der Waals surface area contributed by atoms with Crippen LogP contribution in [0.5, 0.6) is 0 Å². The molecule has 5 heteroatoms. The van der Waals surface area contributed by atoms with Crippen molar-refractivity contribution < 1.29 is 8.42 Å². The first-order chi connectivity index (χ1) is 6.14. The summed E-state index contributed by atoms with van der Waals surface area (Å²) < 4.78 is 25.4. The molecule has 0 aromatic carbocycles. The minimum atomic E-state index is -3.04. The van der Waals surface area contributed by atoms with Gasteiger partial charge in [0.25, 0.3) is 0 Å². The van der Waals surface area contributed by atoms with Gasteiger partial charge in [-0.1, -0.05) is 6.92 Å². The highest BCUT2D eigenvalue weighted by Crippen LogP contribution is 2.06. The van der Waals surface area contributed by atoms with Crippen molar-refractivity contribution in [1.29, 1.82) is 0 Å². The summed E-state index contributed by atoms with van der Waals surface area (Å²) in [5, 5.41) is 3.17. The van der Waals surface area contributed by atoms with Gasteiger partial charge in [-0.05, 0) is 25.8 Å². The fourth-order valence-corrected chi connectivity index (χ4v) is 2.93. The first-order valence-corrected chi connectivity index (χ1v) is 6.50. The van der Waals surface area contributed by atoms with E-state index in [1.807, 2.05) is 6.92 Å². The Bertz CT molecular complexity index is 233. The highest BCUT2D eigenvalue weighted by atomic mass is 32.2. The maximum absolute atomic E-state index is 11.4. The second-order valence-electron chi connectivity index (χ2n) is 3.47. The number of rotatable bonds is 5. The van der Waals surface area contributed by atoms with Gasteiger partial charge in [0.05, 0.1) is 5.75 Å². The summed E-state index contributed by atoms with van der Waals surface area (Å²) in [5.41, 5.74) is 0.